The second-order valence-corrected chi connectivity index (χ2v) is 4.96. The van der Waals surface area contributed by atoms with Gasteiger partial charge in [-0.05, 0) is 11.5 Å². The Morgan fingerprint density at radius 2 is 1.85 bits per heavy atom. The van der Waals surface area contributed by atoms with Crippen molar-refractivity contribution in [3.05, 3.63) is 35.4 Å². The molecule has 5 N–H and O–H groups in total. The standard InChI is InChI=1S/C15H25N3O2/c1-3-12(4-2)14(19)10-17-9-11-5-7-13(8-6-11)15(16)18-20/h5-8,12,14,17,19-20H,3-4,9-10H2,1-2H3,(H2,16,18). The molecule has 0 saturated heterocycles. The Bertz CT molecular complexity index is 414. The zero-order chi connectivity index (χ0) is 15.0. The molecular formula is C15H25N3O2. The van der Waals surface area contributed by atoms with Crippen LogP contribution in [0.3, 0.4) is 0 Å². The highest BCUT2D eigenvalue weighted by molar-refractivity contribution is 5.96. The first-order valence-corrected chi connectivity index (χ1v) is 7.07. The van der Waals surface area contributed by atoms with Crippen LogP contribution in [0.25, 0.3) is 0 Å². The summed E-state index contributed by atoms with van der Waals surface area (Å²) in [6.07, 6.45) is 1.68. The Hall–Kier alpha value is -1.59. The first-order valence-electron chi connectivity index (χ1n) is 7.07. The van der Waals surface area contributed by atoms with Gasteiger partial charge in [-0.25, -0.2) is 0 Å². The van der Waals surface area contributed by atoms with Gasteiger partial charge in [-0.15, -0.1) is 0 Å². The fourth-order valence-electron chi connectivity index (χ4n) is 2.21. The van der Waals surface area contributed by atoms with Crippen molar-refractivity contribution in [3.63, 3.8) is 0 Å². The molecule has 1 aromatic rings. The van der Waals surface area contributed by atoms with Crippen molar-refractivity contribution in [1.29, 1.82) is 0 Å². The normalized spacial score (nSPS) is 13.7. The van der Waals surface area contributed by atoms with Crippen molar-refractivity contribution >= 4 is 5.84 Å². The number of benzene rings is 1. The molecule has 0 spiro atoms. The number of nitrogens with one attached hydrogen (secondary N) is 1. The fourth-order valence-corrected chi connectivity index (χ4v) is 2.21. The van der Waals surface area contributed by atoms with Gasteiger partial charge in [-0.2, -0.15) is 0 Å². The molecule has 20 heavy (non-hydrogen) atoms. The molecule has 5 heteroatoms. The van der Waals surface area contributed by atoms with Crippen LogP contribution in [0, 0.1) is 5.92 Å². The summed E-state index contributed by atoms with van der Waals surface area (Å²) in [4.78, 5) is 0. The van der Waals surface area contributed by atoms with E-state index in [2.05, 4.69) is 24.3 Å². The molecular weight excluding hydrogens is 254 g/mol. The summed E-state index contributed by atoms with van der Waals surface area (Å²) in [5, 5.41) is 24.8. The van der Waals surface area contributed by atoms with Crippen molar-refractivity contribution in [3.8, 4) is 0 Å². The summed E-state index contributed by atoms with van der Waals surface area (Å²) < 4.78 is 0. The highest BCUT2D eigenvalue weighted by Crippen LogP contribution is 2.12. The molecule has 0 amide bonds. The summed E-state index contributed by atoms with van der Waals surface area (Å²) >= 11 is 0. The third-order valence-electron chi connectivity index (χ3n) is 3.63. The Labute approximate surface area is 120 Å². The Morgan fingerprint density at radius 1 is 1.25 bits per heavy atom. The SMILES string of the molecule is CCC(CC)C(O)CNCc1ccc(/C(N)=N/O)cc1. The number of amidine groups is 1. The van der Waals surface area contributed by atoms with Crippen molar-refractivity contribution in [2.75, 3.05) is 6.54 Å². The van der Waals surface area contributed by atoms with Gasteiger partial charge in [0.25, 0.3) is 0 Å². The number of rotatable bonds is 8. The van der Waals surface area contributed by atoms with E-state index < -0.39 is 0 Å². The predicted octanol–water partition coefficient (Wildman–Crippen LogP) is 1.67. The van der Waals surface area contributed by atoms with Crippen LogP contribution in [0.15, 0.2) is 29.4 Å². The van der Waals surface area contributed by atoms with Crippen molar-refractivity contribution < 1.29 is 10.3 Å². The lowest BCUT2D eigenvalue weighted by Crippen LogP contribution is -2.32. The molecule has 0 aliphatic heterocycles. The van der Waals surface area contributed by atoms with E-state index in [0.717, 1.165) is 18.4 Å². The summed E-state index contributed by atoms with van der Waals surface area (Å²) in [6, 6.07) is 7.46. The third kappa shape index (κ3) is 4.83. The Balaban J connectivity index is 2.43. The minimum atomic E-state index is -0.304. The number of oxime groups is 1. The van der Waals surface area contributed by atoms with Gasteiger partial charge < -0.3 is 21.4 Å². The largest absolute Gasteiger partial charge is 0.409 e. The number of hydrogen-bond donors (Lipinski definition) is 4. The predicted molar refractivity (Wildman–Crippen MR) is 80.7 cm³/mol. The molecule has 1 atom stereocenters. The smallest absolute Gasteiger partial charge is 0.170 e. The van der Waals surface area contributed by atoms with Gasteiger partial charge in [0, 0.05) is 18.7 Å². The maximum atomic E-state index is 10.0. The van der Waals surface area contributed by atoms with Gasteiger partial charge in [0.2, 0.25) is 0 Å². The van der Waals surface area contributed by atoms with Gasteiger partial charge in [0.1, 0.15) is 0 Å². The molecule has 0 fully saturated rings. The van der Waals surface area contributed by atoms with Crippen LogP contribution < -0.4 is 11.1 Å². The summed E-state index contributed by atoms with van der Waals surface area (Å²) in [7, 11) is 0. The highest BCUT2D eigenvalue weighted by atomic mass is 16.4. The molecule has 1 rings (SSSR count). The third-order valence-corrected chi connectivity index (χ3v) is 3.63. The van der Waals surface area contributed by atoms with Gasteiger partial charge in [-0.3, -0.25) is 0 Å². The zero-order valence-electron chi connectivity index (χ0n) is 12.2. The summed E-state index contributed by atoms with van der Waals surface area (Å²) in [5.41, 5.74) is 7.28. The maximum Gasteiger partial charge on any atom is 0.170 e. The van der Waals surface area contributed by atoms with Gasteiger partial charge in [0.15, 0.2) is 5.84 Å². The maximum absolute atomic E-state index is 10.0. The van der Waals surface area contributed by atoms with Crippen LogP contribution in [0.5, 0.6) is 0 Å². The molecule has 0 bridgehead atoms. The molecule has 0 heterocycles. The number of nitrogens with two attached hydrogens (primary N) is 1. The lowest BCUT2D eigenvalue weighted by atomic mass is 9.96. The van der Waals surface area contributed by atoms with Crippen LogP contribution in [0.4, 0.5) is 0 Å². The fraction of sp³-hybridized carbons (Fsp3) is 0.533. The van der Waals surface area contributed by atoms with Crippen LogP contribution in [-0.4, -0.2) is 28.8 Å². The molecule has 0 aliphatic carbocycles. The first-order chi connectivity index (χ1) is 9.62. The monoisotopic (exact) mass is 279 g/mol. The second kappa shape index (κ2) is 8.55. The van der Waals surface area contributed by atoms with Crippen LogP contribution in [0.2, 0.25) is 0 Å². The van der Waals surface area contributed by atoms with E-state index in [9.17, 15) is 5.11 Å². The van der Waals surface area contributed by atoms with E-state index in [4.69, 9.17) is 10.9 Å². The number of aliphatic hydroxyl groups excluding tert-OH is 1. The Morgan fingerprint density at radius 3 is 2.35 bits per heavy atom. The van der Waals surface area contributed by atoms with Gasteiger partial charge in [-0.1, -0.05) is 56.1 Å². The average Bonchev–Trinajstić information content (AvgIpc) is 2.48. The van der Waals surface area contributed by atoms with Crippen molar-refractivity contribution in [1.82, 2.24) is 5.32 Å². The van der Waals surface area contributed by atoms with E-state index in [-0.39, 0.29) is 11.9 Å². The van der Waals surface area contributed by atoms with Crippen LogP contribution >= 0.6 is 0 Å². The molecule has 5 nitrogen and oxygen atoms in total. The molecule has 0 aromatic heterocycles. The molecule has 1 unspecified atom stereocenters. The molecule has 0 radical (unpaired) electrons. The van der Waals surface area contributed by atoms with Crippen LogP contribution in [-0.2, 0) is 6.54 Å². The average molecular weight is 279 g/mol. The molecule has 0 aliphatic rings. The molecule has 112 valence electrons. The summed E-state index contributed by atoms with van der Waals surface area (Å²) in [6.45, 7) is 5.48. The van der Waals surface area contributed by atoms with Crippen LogP contribution in [0.1, 0.15) is 37.8 Å². The van der Waals surface area contributed by atoms with Gasteiger partial charge in [0.05, 0.1) is 6.10 Å². The topological polar surface area (TPSA) is 90.9 Å². The quantitative estimate of drug-likeness (QED) is 0.252. The minimum Gasteiger partial charge on any atom is -0.409 e. The van der Waals surface area contributed by atoms with E-state index in [1.807, 2.05) is 24.3 Å². The molecule has 1 aromatic carbocycles. The number of nitrogens with zero attached hydrogens (tertiary/aromatic N) is 1. The van der Waals surface area contributed by atoms with E-state index in [0.29, 0.717) is 24.6 Å². The lowest BCUT2D eigenvalue weighted by molar-refractivity contribution is 0.101. The first kappa shape index (κ1) is 16.5. The van der Waals surface area contributed by atoms with E-state index >= 15 is 0 Å². The zero-order valence-corrected chi connectivity index (χ0v) is 12.2. The number of hydrogen-bond acceptors (Lipinski definition) is 4. The van der Waals surface area contributed by atoms with E-state index in [1.54, 1.807) is 0 Å². The Kier molecular flexibility index (Phi) is 7.04. The van der Waals surface area contributed by atoms with E-state index in [1.165, 1.54) is 0 Å². The second-order valence-electron chi connectivity index (χ2n) is 4.96. The minimum absolute atomic E-state index is 0.105. The van der Waals surface area contributed by atoms with Gasteiger partial charge >= 0.3 is 0 Å². The summed E-state index contributed by atoms with van der Waals surface area (Å²) in [5.74, 6) is 0.458. The number of aliphatic hydroxyl groups is 1. The van der Waals surface area contributed by atoms with Crippen molar-refractivity contribution in [2.45, 2.75) is 39.3 Å². The highest BCUT2D eigenvalue weighted by Gasteiger charge is 2.14. The molecule has 0 saturated carbocycles. The van der Waals surface area contributed by atoms with Crippen molar-refractivity contribution in [2.24, 2.45) is 16.8 Å². The lowest BCUT2D eigenvalue weighted by Gasteiger charge is -2.20.